The van der Waals surface area contributed by atoms with E-state index < -0.39 is 0 Å². The van der Waals surface area contributed by atoms with E-state index in [1.54, 1.807) is 6.20 Å². The number of hydrogen-bond acceptors (Lipinski definition) is 4. The number of rotatable bonds is 7. The Morgan fingerprint density at radius 3 is 2.50 bits per heavy atom. The van der Waals surface area contributed by atoms with Crippen molar-refractivity contribution in [1.29, 1.82) is 0 Å². The van der Waals surface area contributed by atoms with Gasteiger partial charge in [-0.15, -0.1) is 0 Å². The summed E-state index contributed by atoms with van der Waals surface area (Å²) in [5.74, 6) is 0.562. The first-order valence-electron chi connectivity index (χ1n) is 6.47. The topological polar surface area (TPSA) is 48.4 Å². The molecule has 1 aromatic heterocycles. The van der Waals surface area contributed by atoms with Gasteiger partial charge < -0.3 is 9.47 Å². The van der Waals surface area contributed by atoms with E-state index in [0.29, 0.717) is 19.1 Å². The monoisotopic (exact) mass is 271 g/mol. The SMILES string of the molecule is CC(=O)COCCOc1ccc(-c2ccccc2)cn1. The lowest BCUT2D eigenvalue weighted by Gasteiger charge is -2.06. The molecule has 0 bridgehead atoms. The van der Waals surface area contributed by atoms with Crippen molar-refractivity contribution < 1.29 is 14.3 Å². The van der Waals surface area contributed by atoms with Crippen LogP contribution < -0.4 is 4.74 Å². The molecule has 0 amide bonds. The van der Waals surface area contributed by atoms with Crippen molar-refractivity contribution in [1.82, 2.24) is 4.98 Å². The Hall–Kier alpha value is -2.20. The Morgan fingerprint density at radius 1 is 1.05 bits per heavy atom. The first kappa shape index (κ1) is 14.2. The van der Waals surface area contributed by atoms with Crippen molar-refractivity contribution in [3.8, 4) is 17.0 Å². The number of nitrogens with zero attached hydrogens (tertiary/aromatic N) is 1. The number of Topliss-reactive ketones (excluding diaryl/α,β-unsaturated/α-hetero) is 1. The van der Waals surface area contributed by atoms with Gasteiger partial charge >= 0.3 is 0 Å². The highest BCUT2D eigenvalue weighted by Gasteiger charge is 2.00. The summed E-state index contributed by atoms with van der Waals surface area (Å²) < 4.78 is 10.5. The summed E-state index contributed by atoms with van der Waals surface area (Å²) in [5, 5.41) is 0. The van der Waals surface area contributed by atoms with E-state index in [-0.39, 0.29) is 12.4 Å². The normalized spacial score (nSPS) is 10.2. The number of ether oxygens (including phenoxy) is 2. The molecule has 0 saturated carbocycles. The number of hydrogen-bond donors (Lipinski definition) is 0. The minimum Gasteiger partial charge on any atom is -0.475 e. The summed E-state index contributed by atoms with van der Waals surface area (Å²) in [7, 11) is 0. The van der Waals surface area contributed by atoms with Crippen LogP contribution in [0.5, 0.6) is 5.88 Å². The molecule has 4 heteroatoms. The third-order valence-electron chi connectivity index (χ3n) is 2.63. The average molecular weight is 271 g/mol. The summed E-state index contributed by atoms with van der Waals surface area (Å²) in [5.41, 5.74) is 2.17. The minimum atomic E-state index is 0.00957. The van der Waals surface area contributed by atoms with E-state index >= 15 is 0 Å². The van der Waals surface area contributed by atoms with Crippen LogP contribution in [0.4, 0.5) is 0 Å². The van der Waals surface area contributed by atoms with Crippen molar-refractivity contribution in [2.45, 2.75) is 6.92 Å². The minimum absolute atomic E-state index is 0.00957. The maximum absolute atomic E-state index is 10.7. The Bertz CT molecular complexity index is 537. The maximum atomic E-state index is 10.7. The second-order valence-corrected chi connectivity index (χ2v) is 4.35. The summed E-state index contributed by atoms with van der Waals surface area (Å²) in [6.07, 6.45) is 1.78. The second kappa shape index (κ2) is 7.40. The first-order chi connectivity index (χ1) is 9.75. The highest BCUT2D eigenvalue weighted by Crippen LogP contribution is 2.19. The maximum Gasteiger partial charge on any atom is 0.213 e. The summed E-state index contributed by atoms with van der Waals surface area (Å²) >= 11 is 0. The van der Waals surface area contributed by atoms with Gasteiger partial charge in [-0.05, 0) is 18.6 Å². The van der Waals surface area contributed by atoms with Crippen LogP contribution in [-0.2, 0) is 9.53 Å². The van der Waals surface area contributed by atoms with Gasteiger partial charge in [-0.3, -0.25) is 4.79 Å². The highest BCUT2D eigenvalue weighted by molar-refractivity contribution is 5.76. The van der Waals surface area contributed by atoms with E-state index in [4.69, 9.17) is 9.47 Å². The zero-order chi connectivity index (χ0) is 14.2. The molecule has 0 aliphatic rings. The quantitative estimate of drug-likeness (QED) is 0.726. The molecule has 0 radical (unpaired) electrons. The summed E-state index contributed by atoms with van der Waals surface area (Å²) in [4.78, 5) is 14.9. The van der Waals surface area contributed by atoms with Gasteiger partial charge in [0, 0.05) is 17.8 Å². The van der Waals surface area contributed by atoms with Crippen molar-refractivity contribution in [2.24, 2.45) is 0 Å². The predicted molar refractivity (Wildman–Crippen MR) is 76.7 cm³/mol. The number of pyridine rings is 1. The molecule has 2 rings (SSSR count). The molecule has 0 fully saturated rings. The van der Waals surface area contributed by atoms with Crippen molar-refractivity contribution in [3.63, 3.8) is 0 Å². The van der Waals surface area contributed by atoms with Crippen LogP contribution >= 0.6 is 0 Å². The lowest BCUT2D eigenvalue weighted by atomic mass is 10.1. The van der Waals surface area contributed by atoms with E-state index in [1.807, 2.05) is 42.5 Å². The molecule has 0 aliphatic carbocycles. The van der Waals surface area contributed by atoms with Gasteiger partial charge in [0.25, 0.3) is 0 Å². The molecule has 2 aromatic rings. The molecule has 1 aromatic carbocycles. The van der Waals surface area contributed by atoms with Crippen LogP contribution in [-0.4, -0.2) is 30.6 Å². The van der Waals surface area contributed by atoms with Crippen molar-refractivity contribution in [3.05, 3.63) is 48.7 Å². The number of carbonyl (C=O) groups is 1. The Balaban J connectivity index is 1.82. The average Bonchev–Trinajstić information content (AvgIpc) is 2.48. The van der Waals surface area contributed by atoms with Crippen LogP contribution in [0.25, 0.3) is 11.1 Å². The third-order valence-corrected chi connectivity index (χ3v) is 2.63. The van der Waals surface area contributed by atoms with E-state index in [9.17, 15) is 4.79 Å². The molecule has 0 aliphatic heterocycles. The van der Waals surface area contributed by atoms with Crippen molar-refractivity contribution >= 4 is 5.78 Å². The lowest BCUT2D eigenvalue weighted by molar-refractivity contribution is -0.121. The number of benzene rings is 1. The number of carbonyl (C=O) groups excluding carboxylic acids is 1. The van der Waals surface area contributed by atoms with Gasteiger partial charge in [0.1, 0.15) is 13.2 Å². The van der Waals surface area contributed by atoms with Crippen LogP contribution in [0.1, 0.15) is 6.92 Å². The van der Waals surface area contributed by atoms with Crippen LogP contribution in [0.15, 0.2) is 48.7 Å². The summed E-state index contributed by atoms with van der Waals surface area (Å²) in [6.45, 7) is 2.38. The van der Waals surface area contributed by atoms with Crippen LogP contribution in [0.3, 0.4) is 0 Å². The molecule has 0 N–H and O–H groups in total. The van der Waals surface area contributed by atoms with Crippen LogP contribution in [0.2, 0.25) is 0 Å². The zero-order valence-corrected chi connectivity index (χ0v) is 11.4. The van der Waals surface area contributed by atoms with Crippen molar-refractivity contribution in [2.75, 3.05) is 19.8 Å². The fraction of sp³-hybridized carbons (Fsp3) is 0.250. The fourth-order valence-corrected chi connectivity index (χ4v) is 1.69. The Morgan fingerprint density at radius 2 is 1.85 bits per heavy atom. The molecule has 4 nitrogen and oxygen atoms in total. The standard InChI is InChI=1S/C16H17NO3/c1-13(18)12-19-9-10-20-16-8-7-15(11-17-16)14-5-3-2-4-6-14/h2-8,11H,9-10,12H2,1H3. The highest BCUT2D eigenvalue weighted by atomic mass is 16.5. The molecule has 104 valence electrons. The fourth-order valence-electron chi connectivity index (χ4n) is 1.69. The smallest absolute Gasteiger partial charge is 0.213 e. The lowest BCUT2D eigenvalue weighted by Crippen LogP contribution is -2.11. The van der Waals surface area contributed by atoms with Gasteiger partial charge in [-0.25, -0.2) is 4.98 Å². The van der Waals surface area contributed by atoms with Crippen LogP contribution in [0, 0.1) is 0 Å². The number of aromatic nitrogens is 1. The van der Waals surface area contributed by atoms with Gasteiger partial charge in [-0.1, -0.05) is 30.3 Å². The largest absolute Gasteiger partial charge is 0.475 e. The molecular formula is C16H17NO3. The molecule has 0 saturated heterocycles. The predicted octanol–water partition coefficient (Wildman–Crippen LogP) is 2.73. The zero-order valence-electron chi connectivity index (χ0n) is 11.4. The first-order valence-corrected chi connectivity index (χ1v) is 6.47. The second-order valence-electron chi connectivity index (χ2n) is 4.35. The number of ketones is 1. The summed E-state index contributed by atoms with van der Waals surface area (Å²) in [6, 6.07) is 13.8. The molecular weight excluding hydrogens is 254 g/mol. The molecule has 0 spiro atoms. The van der Waals surface area contributed by atoms with Gasteiger partial charge in [0.05, 0.1) is 6.61 Å². The van der Waals surface area contributed by atoms with E-state index in [2.05, 4.69) is 4.98 Å². The third kappa shape index (κ3) is 4.48. The van der Waals surface area contributed by atoms with Gasteiger partial charge in [0.15, 0.2) is 5.78 Å². The molecule has 0 atom stereocenters. The van der Waals surface area contributed by atoms with E-state index in [0.717, 1.165) is 11.1 Å². The van der Waals surface area contributed by atoms with E-state index in [1.165, 1.54) is 6.92 Å². The molecule has 1 heterocycles. The molecule has 0 unspecified atom stereocenters. The van der Waals surface area contributed by atoms with Gasteiger partial charge in [0.2, 0.25) is 5.88 Å². The van der Waals surface area contributed by atoms with Gasteiger partial charge in [-0.2, -0.15) is 0 Å². The Kier molecular flexibility index (Phi) is 5.26. The molecule has 20 heavy (non-hydrogen) atoms. The Labute approximate surface area is 118 Å².